The van der Waals surface area contributed by atoms with Crippen molar-refractivity contribution >= 4 is 11.5 Å². The highest BCUT2D eigenvalue weighted by atomic mass is 16.5. The second-order valence-corrected chi connectivity index (χ2v) is 5.32. The lowest BCUT2D eigenvalue weighted by atomic mass is 10.2. The number of aromatic nitrogens is 5. The Morgan fingerprint density at radius 3 is 3.20 bits per heavy atom. The van der Waals surface area contributed by atoms with Crippen LogP contribution >= 0.6 is 0 Å². The maximum absolute atomic E-state index is 5.62. The predicted molar refractivity (Wildman–Crippen MR) is 71.6 cm³/mol. The highest BCUT2D eigenvalue weighted by molar-refractivity contribution is 5.47. The Hall–Kier alpha value is -1.80. The van der Waals surface area contributed by atoms with Crippen molar-refractivity contribution in [3.8, 4) is 0 Å². The molecule has 2 aliphatic rings. The summed E-state index contributed by atoms with van der Waals surface area (Å²) in [6.45, 7) is 3.19. The Kier molecular flexibility index (Phi) is 2.96. The number of tetrazole rings is 1. The quantitative estimate of drug-likeness (QED) is 0.804. The molecule has 2 fully saturated rings. The Morgan fingerprint density at radius 2 is 2.30 bits per heavy atom. The van der Waals surface area contributed by atoms with E-state index >= 15 is 0 Å². The van der Waals surface area contributed by atoms with Crippen molar-refractivity contribution < 1.29 is 4.74 Å². The van der Waals surface area contributed by atoms with Gasteiger partial charge in [0.25, 0.3) is 0 Å². The van der Waals surface area contributed by atoms with Gasteiger partial charge in [-0.15, -0.1) is 5.10 Å². The van der Waals surface area contributed by atoms with Gasteiger partial charge in [0.15, 0.2) is 11.5 Å². The van der Waals surface area contributed by atoms with Crippen LogP contribution in [0.15, 0.2) is 12.4 Å². The number of hydrogen-bond acceptors (Lipinski definition) is 7. The van der Waals surface area contributed by atoms with E-state index in [4.69, 9.17) is 4.74 Å². The smallest absolute Gasteiger partial charge is 0.199 e. The summed E-state index contributed by atoms with van der Waals surface area (Å²) in [5.74, 6) is 0.929. The van der Waals surface area contributed by atoms with Gasteiger partial charge < -0.3 is 15.0 Å². The first-order chi connectivity index (χ1) is 9.92. The van der Waals surface area contributed by atoms with E-state index in [2.05, 4.69) is 30.7 Å². The van der Waals surface area contributed by atoms with Gasteiger partial charge >= 0.3 is 0 Å². The van der Waals surface area contributed by atoms with E-state index in [-0.39, 0.29) is 0 Å². The molecule has 1 aliphatic carbocycles. The molecule has 0 amide bonds. The Labute approximate surface area is 116 Å². The Bertz CT molecular complexity index is 596. The maximum atomic E-state index is 5.62. The zero-order chi connectivity index (χ0) is 13.4. The van der Waals surface area contributed by atoms with Gasteiger partial charge in [-0.3, -0.25) is 4.98 Å². The van der Waals surface area contributed by atoms with E-state index in [0.29, 0.717) is 17.7 Å². The van der Waals surface area contributed by atoms with Gasteiger partial charge in [0.05, 0.1) is 31.6 Å². The average molecular weight is 275 g/mol. The molecule has 1 saturated carbocycles. The first-order valence-corrected chi connectivity index (χ1v) is 7.02. The molecule has 106 valence electrons. The lowest BCUT2D eigenvalue weighted by Crippen LogP contribution is -2.51. The van der Waals surface area contributed by atoms with Crippen molar-refractivity contribution in [2.75, 3.05) is 31.2 Å². The number of rotatable bonds is 4. The van der Waals surface area contributed by atoms with Crippen LogP contribution in [0, 0.1) is 0 Å². The first kappa shape index (κ1) is 12.0. The molecule has 0 radical (unpaired) electrons. The molecule has 1 unspecified atom stereocenters. The van der Waals surface area contributed by atoms with E-state index in [0.717, 1.165) is 32.1 Å². The molecule has 1 saturated heterocycles. The molecule has 8 heteroatoms. The second-order valence-electron chi connectivity index (χ2n) is 5.32. The lowest BCUT2D eigenvalue weighted by molar-refractivity contribution is 0.0929. The fourth-order valence-corrected chi connectivity index (χ4v) is 2.57. The molecule has 2 aromatic rings. The normalized spacial score (nSPS) is 23.4. The van der Waals surface area contributed by atoms with Crippen LogP contribution in [-0.4, -0.2) is 63.4 Å². The minimum Gasteiger partial charge on any atom is -0.377 e. The second kappa shape index (κ2) is 4.95. The third-order valence-electron chi connectivity index (χ3n) is 3.83. The average Bonchev–Trinajstić information content (AvgIpc) is 3.20. The number of fused-ring (bicyclic) bond motifs is 1. The van der Waals surface area contributed by atoms with Crippen LogP contribution in [0.2, 0.25) is 0 Å². The molecule has 4 rings (SSSR count). The molecule has 1 atom stereocenters. The van der Waals surface area contributed by atoms with Gasteiger partial charge in [0.2, 0.25) is 0 Å². The topological polar surface area (TPSA) is 80.5 Å². The van der Waals surface area contributed by atoms with Crippen molar-refractivity contribution in [3.63, 3.8) is 0 Å². The minimum absolute atomic E-state index is 0.293. The Morgan fingerprint density at radius 1 is 1.35 bits per heavy atom. The number of nitrogens with one attached hydrogen (secondary N) is 1. The number of nitrogens with zero attached hydrogens (tertiary/aromatic N) is 6. The van der Waals surface area contributed by atoms with E-state index < -0.39 is 0 Å². The molecule has 1 N–H and O–H groups in total. The van der Waals surface area contributed by atoms with Gasteiger partial charge in [0, 0.05) is 19.1 Å². The summed E-state index contributed by atoms with van der Waals surface area (Å²) in [5.41, 5.74) is 0.669. The molecule has 0 aromatic carbocycles. The number of ether oxygens (including phenoxy) is 1. The van der Waals surface area contributed by atoms with Gasteiger partial charge in [-0.25, -0.2) is 0 Å². The van der Waals surface area contributed by atoms with Crippen molar-refractivity contribution in [1.29, 1.82) is 0 Å². The lowest BCUT2D eigenvalue weighted by Gasteiger charge is -2.36. The Balaban J connectivity index is 1.61. The van der Waals surface area contributed by atoms with Crippen molar-refractivity contribution in [1.82, 2.24) is 30.3 Å². The zero-order valence-corrected chi connectivity index (χ0v) is 11.1. The monoisotopic (exact) mass is 275 g/mol. The summed E-state index contributed by atoms with van der Waals surface area (Å²) in [5, 5.41) is 15.3. The van der Waals surface area contributed by atoms with Crippen LogP contribution < -0.4 is 10.2 Å². The number of morpholine rings is 1. The molecule has 3 heterocycles. The predicted octanol–water partition coefficient (Wildman–Crippen LogP) is -0.523. The van der Waals surface area contributed by atoms with Gasteiger partial charge in [-0.05, 0) is 23.3 Å². The van der Waals surface area contributed by atoms with Crippen molar-refractivity contribution in [2.45, 2.75) is 24.9 Å². The van der Waals surface area contributed by atoms with E-state index in [1.54, 1.807) is 10.7 Å². The largest absolute Gasteiger partial charge is 0.377 e. The summed E-state index contributed by atoms with van der Waals surface area (Å²) in [6.07, 6.45) is 6.07. The summed E-state index contributed by atoms with van der Waals surface area (Å²) >= 11 is 0. The fraction of sp³-hybridized carbons (Fsp3) is 0.667. The molecular formula is C12H17N7O. The van der Waals surface area contributed by atoms with Crippen LogP contribution in [-0.2, 0) is 4.74 Å². The van der Waals surface area contributed by atoms with Gasteiger partial charge in [-0.2, -0.15) is 4.52 Å². The van der Waals surface area contributed by atoms with Crippen LogP contribution in [0.1, 0.15) is 12.8 Å². The van der Waals surface area contributed by atoms with Crippen LogP contribution in [0.5, 0.6) is 0 Å². The summed E-state index contributed by atoms with van der Waals surface area (Å²) in [4.78, 5) is 6.52. The van der Waals surface area contributed by atoms with Gasteiger partial charge in [0.1, 0.15) is 0 Å². The van der Waals surface area contributed by atoms with E-state index in [9.17, 15) is 0 Å². The van der Waals surface area contributed by atoms with Crippen molar-refractivity contribution in [3.05, 3.63) is 12.4 Å². The third kappa shape index (κ3) is 2.20. The van der Waals surface area contributed by atoms with Crippen LogP contribution in [0.25, 0.3) is 5.65 Å². The first-order valence-electron chi connectivity index (χ1n) is 7.02. The molecule has 20 heavy (non-hydrogen) atoms. The molecule has 8 nitrogen and oxygen atoms in total. The fourth-order valence-electron chi connectivity index (χ4n) is 2.57. The summed E-state index contributed by atoms with van der Waals surface area (Å²) < 4.78 is 7.36. The van der Waals surface area contributed by atoms with Crippen molar-refractivity contribution in [2.24, 2.45) is 0 Å². The zero-order valence-electron chi connectivity index (χ0n) is 11.1. The highest BCUT2D eigenvalue weighted by Crippen LogP contribution is 2.21. The minimum atomic E-state index is 0.293. The van der Waals surface area contributed by atoms with E-state index in [1.165, 1.54) is 12.8 Å². The van der Waals surface area contributed by atoms with Gasteiger partial charge in [-0.1, -0.05) is 0 Å². The highest BCUT2D eigenvalue weighted by Gasteiger charge is 2.28. The number of hydrogen-bond donors (Lipinski definition) is 1. The third-order valence-corrected chi connectivity index (χ3v) is 3.83. The summed E-state index contributed by atoms with van der Waals surface area (Å²) in [7, 11) is 0. The van der Waals surface area contributed by atoms with E-state index in [1.807, 2.05) is 6.20 Å². The summed E-state index contributed by atoms with van der Waals surface area (Å²) in [6, 6.07) is 0.988. The SMILES string of the molecule is c1ncc2nnnn2c1N1CCOCC1CNC1CC1. The molecule has 0 bridgehead atoms. The molecule has 1 aliphatic heterocycles. The molecule has 2 aromatic heterocycles. The molecule has 0 spiro atoms. The van der Waals surface area contributed by atoms with Crippen LogP contribution in [0.4, 0.5) is 5.82 Å². The maximum Gasteiger partial charge on any atom is 0.199 e. The number of anilines is 1. The standard InChI is InChI=1S/C12H17N7O/c1-2-9(1)14-5-10-8-20-4-3-18(10)12-7-13-6-11-15-16-17-19(11)12/h6-7,9-10,14H,1-5,8H2. The van der Waals surface area contributed by atoms with Crippen LogP contribution in [0.3, 0.4) is 0 Å². The molecular weight excluding hydrogens is 258 g/mol.